The van der Waals surface area contributed by atoms with Crippen molar-refractivity contribution in [2.75, 3.05) is 12.1 Å². The molecule has 0 amide bonds. The topological polar surface area (TPSA) is 90.7 Å². The number of ether oxygens (including phenoxy) is 2. The number of nitrogens with zero attached hydrogens (tertiary/aromatic N) is 1. The van der Waals surface area contributed by atoms with Crippen LogP contribution < -0.4 is 14.8 Å². The standard InChI is InChI=1S/C20H16N2O5/c23-16-7-3-5-13-20(16)19(11-4-1-2-6-15(11)22(24)25)12-8-17-18(27-10-26-17)9-14(12)21-13/h1-2,4,6,8-9,19,21H,3,5,7,10H2/t19-/m0/s1. The van der Waals surface area contributed by atoms with E-state index in [9.17, 15) is 14.9 Å². The van der Waals surface area contributed by atoms with Crippen molar-refractivity contribution in [2.24, 2.45) is 0 Å². The summed E-state index contributed by atoms with van der Waals surface area (Å²) in [6, 6.07) is 10.3. The molecule has 1 atom stereocenters. The van der Waals surface area contributed by atoms with Crippen LogP contribution in [0.3, 0.4) is 0 Å². The lowest BCUT2D eigenvalue weighted by molar-refractivity contribution is -0.385. The number of nitro benzene ring substituents is 1. The van der Waals surface area contributed by atoms with Crippen molar-refractivity contribution in [1.29, 1.82) is 0 Å². The highest BCUT2D eigenvalue weighted by Gasteiger charge is 2.39. The van der Waals surface area contributed by atoms with Gasteiger partial charge in [0.2, 0.25) is 6.79 Å². The highest BCUT2D eigenvalue weighted by Crippen LogP contribution is 2.50. The van der Waals surface area contributed by atoms with E-state index in [1.165, 1.54) is 6.07 Å². The Morgan fingerprint density at radius 3 is 2.67 bits per heavy atom. The van der Waals surface area contributed by atoms with Gasteiger partial charge in [0.25, 0.3) is 5.69 Å². The minimum Gasteiger partial charge on any atom is -0.454 e. The van der Waals surface area contributed by atoms with Crippen molar-refractivity contribution in [3.05, 3.63) is 68.9 Å². The van der Waals surface area contributed by atoms with Crippen LogP contribution in [0.5, 0.6) is 11.5 Å². The lowest BCUT2D eigenvalue weighted by atomic mass is 9.75. The average molecular weight is 364 g/mol. The molecule has 2 aromatic rings. The third kappa shape index (κ3) is 2.38. The first-order valence-corrected chi connectivity index (χ1v) is 8.83. The Kier molecular flexibility index (Phi) is 3.43. The number of carbonyl (C=O) groups excluding carboxylic acids is 1. The largest absolute Gasteiger partial charge is 0.454 e. The Balaban J connectivity index is 1.78. The molecule has 1 N–H and O–H groups in total. The second kappa shape index (κ2) is 5.84. The fourth-order valence-electron chi connectivity index (χ4n) is 4.17. The summed E-state index contributed by atoms with van der Waals surface area (Å²) in [5.41, 5.74) is 3.60. The Labute approximate surface area is 154 Å². The molecule has 2 aliphatic heterocycles. The van der Waals surface area contributed by atoms with E-state index in [1.807, 2.05) is 12.1 Å². The summed E-state index contributed by atoms with van der Waals surface area (Å²) in [7, 11) is 0. The van der Waals surface area contributed by atoms with Gasteiger partial charge in [0.15, 0.2) is 17.3 Å². The van der Waals surface area contributed by atoms with Crippen molar-refractivity contribution in [2.45, 2.75) is 25.2 Å². The Morgan fingerprint density at radius 2 is 1.85 bits per heavy atom. The second-order valence-electron chi connectivity index (χ2n) is 6.84. The number of Topliss-reactive ketones (excluding diaryl/α,β-unsaturated/α-hetero) is 1. The number of nitro groups is 1. The molecule has 0 radical (unpaired) electrons. The molecule has 2 aromatic carbocycles. The molecule has 0 unspecified atom stereocenters. The molecular weight excluding hydrogens is 348 g/mol. The molecule has 0 bridgehead atoms. The van der Waals surface area contributed by atoms with Gasteiger partial charge in [-0.15, -0.1) is 0 Å². The van der Waals surface area contributed by atoms with Crippen molar-refractivity contribution in [1.82, 2.24) is 0 Å². The van der Waals surface area contributed by atoms with Gasteiger partial charge in [0.1, 0.15) is 0 Å². The third-order valence-corrected chi connectivity index (χ3v) is 5.33. The van der Waals surface area contributed by atoms with E-state index in [0.29, 0.717) is 29.1 Å². The molecular formula is C20H16N2O5. The molecule has 1 aliphatic carbocycles. The van der Waals surface area contributed by atoms with Crippen molar-refractivity contribution >= 4 is 17.2 Å². The molecule has 5 rings (SSSR count). The molecule has 0 fully saturated rings. The van der Waals surface area contributed by atoms with Crippen LogP contribution in [0.1, 0.15) is 36.3 Å². The number of benzene rings is 2. The summed E-state index contributed by atoms with van der Waals surface area (Å²) in [6.07, 6.45) is 1.97. The van der Waals surface area contributed by atoms with Crippen LogP contribution in [0.2, 0.25) is 0 Å². The molecule has 0 aromatic heterocycles. The lowest BCUT2D eigenvalue weighted by Crippen LogP contribution is -2.27. The minimum atomic E-state index is -0.500. The van der Waals surface area contributed by atoms with E-state index in [0.717, 1.165) is 29.8 Å². The number of hydrogen-bond acceptors (Lipinski definition) is 6. The van der Waals surface area contributed by atoms with Gasteiger partial charge in [-0.3, -0.25) is 14.9 Å². The van der Waals surface area contributed by atoms with Crippen LogP contribution in [0.4, 0.5) is 11.4 Å². The molecule has 2 heterocycles. The number of rotatable bonds is 2. The third-order valence-electron chi connectivity index (χ3n) is 5.33. The zero-order chi connectivity index (χ0) is 18.5. The molecule has 7 nitrogen and oxygen atoms in total. The number of fused-ring (bicyclic) bond motifs is 2. The number of ketones is 1. The van der Waals surface area contributed by atoms with Crippen molar-refractivity contribution < 1.29 is 19.2 Å². The number of hydrogen-bond donors (Lipinski definition) is 1. The monoisotopic (exact) mass is 364 g/mol. The molecule has 136 valence electrons. The van der Waals surface area contributed by atoms with Gasteiger partial charge in [-0.25, -0.2) is 0 Å². The molecule has 0 saturated heterocycles. The molecule has 0 spiro atoms. The summed E-state index contributed by atoms with van der Waals surface area (Å²) in [5, 5.41) is 15.0. The summed E-state index contributed by atoms with van der Waals surface area (Å²) in [4.78, 5) is 24.1. The first kappa shape index (κ1) is 15.9. The van der Waals surface area contributed by atoms with Crippen LogP contribution >= 0.6 is 0 Å². The van der Waals surface area contributed by atoms with Crippen LogP contribution in [0.15, 0.2) is 47.7 Å². The van der Waals surface area contributed by atoms with Gasteiger partial charge in [-0.2, -0.15) is 0 Å². The first-order valence-electron chi connectivity index (χ1n) is 8.83. The second-order valence-corrected chi connectivity index (χ2v) is 6.84. The summed E-state index contributed by atoms with van der Waals surface area (Å²) in [5.74, 6) is 0.760. The smallest absolute Gasteiger partial charge is 0.273 e. The zero-order valence-electron chi connectivity index (χ0n) is 14.4. The quantitative estimate of drug-likeness (QED) is 0.642. The number of para-hydroxylation sites is 1. The Bertz CT molecular complexity index is 1030. The summed E-state index contributed by atoms with van der Waals surface area (Å²) >= 11 is 0. The lowest BCUT2D eigenvalue weighted by Gasteiger charge is -2.34. The molecule has 0 saturated carbocycles. The highest BCUT2D eigenvalue weighted by atomic mass is 16.7. The SMILES string of the molecule is O=C1CCCC2=C1[C@@H](c1ccccc1[N+](=O)[O-])c1cc3c(cc1N2)OCO3. The normalized spacial score (nSPS) is 20.0. The minimum absolute atomic E-state index is 0.0123. The number of nitrogens with one attached hydrogen (secondary N) is 1. The van der Waals surface area contributed by atoms with Crippen molar-refractivity contribution in [3.8, 4) is 11.5 Å². The number of carbonyl (C=O) groups is 1. The first-order chi connectivity index (χ1) is 13.1. The van der Waals surface area contributed by atoms with Crippen LogP contribution in [-0.2, 0) is 4.79 Å². The van der Waals surface area contributed by atoms with Crippen LogP contribution in [-0.4, -0.2) is 17.5 Å². The maximum Gasteiger partial charge on any atom is 0.273 e. The van der Waals surface area contributed by atoms with Crippen LogP contribution in [0.25, 0.3) is 0 Å². The summed E-state index contributed by atoms with van der Waals surface area (Å²) < 4.78 is 11.0. The molecule has 27 heavy (non-hydrogen) atoms. The molecule has 3 aliphatic rings. The Morgan fingerprint density at radius 1 is 1.07 bits per heavy atom. The predicted molar refractivity (Wildman–Crippen MR) is 97.0 cm³/mol. The highest BCUT2D eigenvalue weighted by molar-refractivity contribution is 6.01. The van der Waals surface area contributed by atoms with Gasteiger partial charge in [-0.05, 0) is 24.5 Å². The van der Waals surface area contributed by atoms with Crippen LogP contribution in [0, 0.1) is 10.1 Å². The van der Waals surface area contributed by atoms with Gasteiger partial charge in [-0.1, -0.05) is 18.2 Å². The molecule has 7 heteroatoms. The van der Waals surface area contributed by atoms with E-state index in [2.05, 4.69) is 5.32 Å². The number of allylic oxidation sites excluding steroid dienone is 2. The zero-order valence-corrected chi connectivity index (χ0v) is 14.4. The van der Waals surface area contributed by atoms with E-state index in [4.69, 9.17) is 9.47 Å². The van der Waals surface area contributed by atoms with Crippen molar-refractivity contribution in [3.63, 3.8) is 0 Å². The fourth-order valence-corrected chi connectivity index (χ4v) is 4.17. The Hall–Kier alpha value is -3.35. The van der Waals surface area contributed by atoms with E-state index >= 15 is 0 Å². The van der Waals surface area contributed by atoms with E-state index < -0.39 is 10.8 Å². The van der Waals surface area contributed by atoms with Gasteiger partial charge >= 0.3 is 0 Å². The fraction of sp³-hybridized carbons (Fsp3) is 0.250. The van der Waals surface area contributed by atoms with E-state index in [1.54, 1.807) is 18.2 Å². The van der Waals surface area contributed by atoms with Gasteiger partial charge in [0.05, 0.1) is 4.92 Å². The van der Waals surface area contributed by atoms with Gasteiger partial charge < -0.3 is 14.8 Å². The average Bonchev–Trinajstić information content (AvgIpc) is 3.12. The van der Waals surface area contributed by atoms with E-state index in [-0.39, 0.29) is 18.3 Å². The van der Waals surface area contributed by atoms with Gasteiger partial charge in [0, 0.05) is 47.0 Å². The number of anilines is 1. The maximum absolute atomic E-state index is 12.8. The summed E-state index contributed by atoms with van der Waals surface area (Å²) in [6.45, 7) is 0.139. The maximum atomic E-state index is 12.8. The predicted octanol–water partition coefficient (Wildman–Crippen LogP) is 3.89.